The topological polar surface area (TPSA) is 72.2 Å². The molecule has 1 aliphatic heterocycles. The fourth-order valence-corrected chi connectivity index (χ4v) is 3.15. The predicted octanol–water partition coefficient (Wildman–Crippen LogP) is 2.71. The molecule has 1 aromatic rings. The van der Waals surface area contributed by atoms with Gasteiger partial charge in [-0.25, -0.2) is 0 Å². The van der Waals surface area contributed by atoms with Crippen LogP contribution in [0.3, 0.4) is 0 Å². The zero-order valence-corrected chi connectivity index (χ0v) is 10.6. The molecule has 0 aromatic heterocycles. The van der Waals surface area contributed by atoms with Gasteiger partial charge in [0.15, 0.2) is 0 Å². The number of hydrogen-bond donors (Lipinski definition) is 1. The Morgan fingerprint density at radius 3 is 3.00 bits per heavy atom. The minimum Gasteiger partial charge on any atom is -0.378 e. The molecule has 1 N–H and O–H groups in total. The number of nitrogens with one attached hydrogen (secondary N) is 1. The smallest absolute Gasteiger partial charge is 0.293 e. The summed E-state index contributed by atoms with van der Waals surface area (Å²) in [5.41, 5.74) is 0.767. The van der Waals surface area contributed by atoms with Crippen LogP contribution in [0, 0.1) is 10.1 Å². The molecule has 18 heavy (non-hydrogen) atoms. The Hall–Kier alpha value is -1.56. The fraction of sp³-hybridized carbons (Fsp3) is 0.417. The van der Waals surface area contributed by atoms with Crippen molar-refractivity contribution >= 4 is 29.4 Å². The summed E-state index contributed by atoms with van der Waals surface area (Å²) >= 11 is 1.89. The Bertz CT molecular complexity index is 459. The van der Waals surface area contributed by atoms with Crippen LogP contribution < -0.4 is 5.32 Å². The van der Waals surface area contributed by atoms with Gasteiger partial charge in [0.25, 0.3) is 5.69 Å². The van der Waals surface area contributed by atoms with Gasteiger partial charge in [-0.1, -0.05) is 0 Å². The third kappa shape index (κ3) is 3.01. The maximum atomic E-state index is 10.9. The standard InChI is InChI=1S/C12H14N2O3S/c15-8-9-3-4-11(12(6-9)14(16)17)13-7-10-2-1-5-18-10/h3-4,6,8,10,13H,1-2,5,7H2. The van der Waals surface area contributed by atoms with E-state index in [1.54, 1.807) is 12.1 Å². The Kier molecular flexibility index (Phi) is 4.19. The number of benzene rings is 1. The van der Waals surface area contributed by atoms with E-state index in [2.05, 4.69) is 5.32 Å². The fourth-order valence-electron chi connectivity index (χ4n) is 1.95. The van der Waals surface area contributed by atoms with E-state index in [0.717, 1.165) is 13.0 Å². The van der Waals surface area contributed by atoms with Gasteiger partial charge >= 0.3 is 0 Å². The van der Waals surface area contributed by atoms with Crippen LogP contribution in [0.2, 0.25) is 0 Å². The van der Waals surface area contributed by atoms with Crippen molar-refractivity contribution in [2.24, 2.45) is 0 Å². The lowest BCUT2D eigenvalue weighted by molar-refractivity contribution is -0.384. The number of nitro groups is 1. The molecule has 0 aliphatic carbocycles. The van der Waals surface area contributed by atoms with E-state index >= 15 is 0 Å². The second kappa shape index (κ2) is 5.86. The van der Waals surface area contributed by atoms with Crippen LogP contribution in [0.25, 0.3) is 0 Å². The summed E-state index contributed by atoms with van der Waals surface area (Å²) in [6.07, 6.45) is 2.98. The Labute approximate surface area is 109 Å². The monoisotopic (exact) mass is 266 g/mol. The Balaban J connectivity index is 2.10. The van der Waals surface area contributed by atoms with Crippen LogP contribution in [0.1, 0.15) is 23.2 Å². The lowest BCUT2D eigenvalue weighted by atomic mass is 10.2. The number of anilines is 1. The summed E-state index contributed by atoms with van der Waals surface area (Å²) in [5.74, 6) is 1.17. The first-order chi connectivity index (χ1) is 8.70. The van der Waals surface area contributed by atoms with E-state index < -0.39 is 4.92 Å². The van der Waals surface area contributed by atoms with Gasteiger partial charge in [-0.15, -0.1) is 0 Å². The van der Waals surface area contributed by atoms with E-state index in [9.17, 15) is 14.9 Å². The van der Waals surface area contributed by atoms with Crippen LogP contribution in [0.15, 0.2) is 18.2 Å². The van der Waals surface area contributed by atoms with Gasteiger partial charge in [-0.05, 0) is 30.7 Å². The lowest BCUT2D eigenvalue weighted by Gasteiger charge is -2.11. The van der Waals surface area contributed by atoms with Crippen molar-refractivity contribution in [3.05, 3.63) is 33.9 Å². The van der Waals surface area contributed by atoms with Gasteiger partial charge in [-0.3, -0.25) is 14.9 Å². The molecule has 5 nitrogen and oxygen atoms in total. The van der Waals surface area contributed by atoms with Crippen molar-refractivity contribution in [1.82, 2.24) is 0 Å². The van der Waals surface area contributed by atoms with Crippen molar-refractivity contribution in [2.75, 3.05) is 17.6 Å². The molecule has 1 heterocycles. The molecule has 0 spiro atoms. The van der Waals surface area contributed by atoms with Crippen molar-refractivity contribution in [1.29, 1.82) is 0 Å². The number of carbonyl (C=O) groups is 1. The van der Waals surface area contributed by atoms with E-state index in [4.69, 9.17) is 0 Å². The van der Waals surface area contributed by atoms with Gasteiger partial charge < -0.3 is 5.32 Å². The molecule has 96 valence electrons. The highest BCUT2D eigenvalue weighted by Gasteiger charge is 2.18. The number of aldehydes is 1. The minimum atomic E-state index is -0.461. The van der Waals surface area contributed by atoms with E-state index in [1.807, 2.05) is 11.8 Å². The van der Waals surface area contributed by atoms with Gasteiger partial charge in [-0.2, -0.15) is 11.8 Å². The van der Waals surface area contributed by atoms with Crippen LogP contribution in [0.5, 0.6) is 0 Å². The number of carbonyl (C=O) groups excluding carboxylic acids is 1. The average Bonchev–Trinajstić information content (AvgIpc) is 2.89. The maximum Gasteiger partial charge on any atom is 0.293 e. The highest BCUT2D eigenvalue weighted by Crippen LogP contribution is 2.29. The van der Waals surface area contributed by atoms with E-state index in [0.29, 0.717) is 22.8 Å². The SMILES string of the molecule is O=Cc1ccc(NCC2CCCS2)c([N+](=O)[O-])c1. The molecule has 1 atom stereocenters. The summed E-state index contributed by atoms with van der Waals surface area (Å²) in [7, 11) is 0. The summed E-state index contributed by atoms with van der Waals surface area (Å²) in [4.78, 5) is 21.1. The summed E-state index contributed by atoms with van der Waals surface area (Å²) in [6.45, 7) is 0.728. The lowest BCUT2D eigenvalue weighted by Crippen LogP contribution is -2.14. The van der Waals surface area contributed by atoms with Gasteiger partial charge in [0.1, 0.15) is 12.0 Å². The molecule has 0 bridgehead atoms. The van der Waals surface area contributed by atoms with Crippen molar-refractivity contribution in [3.8, 4) is 0 Å². The second-order valence-corrected chi connectivity index (χ2v) is 5.58. The number of rotatable bonds is 5. The van der Waals surface area contributed by atoms with Crippen molar-refractivity contribution < 1.29 is 9.72 Å². The van der Waals surface area contributed by atoms with Gasteiger partial charge in [0.2, 0.25) is 0 Å². The zero-order valence-electron chi connectivity index (χ0n) is 9.80. The zero-order chi connectivity index (χ0) is 13.0. The Morgan fingerprint density at radius 1 is 1.56 bits per heavy atom. The normalized spacial score (nSPS) is 18.6. The van der Waals surface area contributed by atoms with Crippen LogP contribution in [-0.2, 0) is 0 Å². The first-order valence-electron chi connectivity index (χ1n) is 5.80. The molecular formula is C12H14N2O3S. The number of hydrogen-bond acceptors (Lipinski definition) is 5. The molecule has 0 saturated carbocycles. The average molecular weight is 266 g/mol. The van der Waals surface area contributed by atoms with Crippen LogP contribution in [0.4, 0.5) is 11.4 Å². The summed E-state index contributed by atoms with van der Waals surface area (Å²) in [5, 5.41) is 14.6. The highest BCUT2D eigenvalue weighted by molar-refractivity contribution is 8.00. The van der Waals surface area contributed by atoms with Crippen LogP contribution >= 0.6 is 11.8 Å². The van der Waals surface area contributed by atoms with Gasteiger partial charge in [0.05, 0.1) is 4.92 Å². The molecular weight excluding hydrogens is 252 g/mol. The second-order valence-electron chi connectivity index (χ2n) is 4.17. The molecule has 1 unspecified atom stereocenters. The number of thioether (sulfide) groups is 1. The maximum absolute atomic E-state index is 10.9. The molecule has 0 radical (unpaired) electrons. The van der Waals surface area contributed by atoms with Crippen LogP contribution in [-0.4, -0.2) is 28.8 Å². The molecule has 1 aromatic carbocycles. The molecule has 1 fully saturated rings. The number of nitrogens with zero attached hydrogens (tertiary/aromatic N) is 1. The third-order valence-corrected chi connectivity index (χ3v) is 4.30. The largest absolute Gasteiger partial charge is 0.378 e. The quantitative estimate of drug-likeness (QED) is 0.504. The van der Waals surface area contributed by atoms with E-state index in [1.165, 1.54) is 18.2 Å². The molecule has 1 aliphatic rings. The minimum absolute atomic E-state index is 0.0393. The Morgan fingerprint density at radius 2 is 2.39 bits per heavy atom. The number of nitro benzene ring substituents is 1. The van der Waals surface area contributed by atoms with Gasteiger partial charge in [0, 0.05) is 23.4 Å². The highest BCUT2D eigenvalue weighted by atomic mass is 32.2. The molecule has 0 amide bonds. The molecule has 1 saturated heterocycles. The predicted molar refractivity (Wildman–Crippen MR) is 72.5 cm³/mol. The summed E-state index contributed by atoms with van der Waals surface area (Å²) in [6, 6.07) is 4.49. The first-order valence-corrected chi connectivity index (χ1v) is 6.84. The van der Waals surface area contributed by atoms with Crippen molar-refractivity contribution in [3.63, 3.8) is 0 Å². The molecule has 6 heteroatoms. The third-order valence-electron chi connectivity index (χ3n) is 2.90. The first kappa shape index (κ1) is 12.9. The molecule has 2 rings (SSSR count). The van der Waals surface area contributed by atoms with Crippen molar-refractivity contribution in [2.45, 2.75) is 18.1 Å². The van der Waals surface area contributed by atoms with E-state index in [-0.39, 0.29) is 5.69 Å². The summed E-state index contributed by atoms with van der Waals surface area (Å²) < 4.78 is 0.